The highest BCUT2D eigenvalue weighted by molar-refractivity contribution is 5.01. The highest BCUT2D eigenvalue weighted by atomic mass is 16.5. The summed E-state index contributed by atoms with van der Waals surface area (Å²) in [4.78, 5) is 0. The Hall–Kier alpha value is -0.600. The lowest BCUT2D eigenvalue weighted by Crippen LogP contribution is -2.29. The van der Waals surface area contributed by atoms with Crippen LogP contribution in [0.1, 0.15) is 13.8 Å². The molecule has 76 valence electrons. The van der Waals surface area contributed by atoms with Crippen LogP contribution in [0.5, 0.6) is 0 Å². The monoisotopic (exact) mass is 184 g/mol. The van der Waals surface area contributed by atoms with E-state index >= 15 is 0 Å². The van der Waals surface area contributed by atoms with Gasteiger partial charge in [0.25, 0.3) is 0 Å². The maximum Gasteiger partial charge on any atom is 0.0678 e. The molecule has 3 atom stereocenters. The molecule has 2 nitrogen and oxygen atoms in total. The van der Waals surface area contributed by atoms with Crippen molar-refractivity contribution in [1.29, 1.82) is 0 Å². The Balaban J connectivity index is 4.21. The van der Waals surface area contributed by atoms with E-state index in [1.807, 2.05) is 19.1 Å². The summed E-state index contributed by atoms with van der Waals surface area (Å²) >= 11 is 0. The fourth-order valence-electron chi connectivity index (χ4n) is 1.43. The van der Waals surface area contributed by atoms with Crippen LogP contribution in [0.4, 0.5) is 0 Å². The molecular formula is C11H20O2. The lowest BCUT2D eigenvalue weighted by molar-refractivity contribution is 0.0107. The molecule has 1 N–H and O–H groups in total. The summed E-state index contributed by atoms with van der Waals surface area (Å²) in [6, 6.07) is 0. The highest BCUT2D eigenvalue weighted by Gasteiger charge is 2.20. The largest absolute Gasteiger partial charge is 0.396 e. The standard InChI is InChI=1S/C11H20O2/c1-5-6-7-9(2)11(13-4)10(3)8-12/h5-7,9-12H,1,8H2,2-4H3/b7-6-. The molecule has 0 aliphatic carbocycles. The summed E-state index contributed by atoms with van der Waals surface area (Å²) in [7, 11) is 1.68. The molecule has 0 aliphatic rings. The van der Waals surface area contributed by atoms with E-state index in [1.165, 1.54) is 0 Å². The molecule has 0 radical (unpaired) electrons. The molecule has 0 spiro atoms. The van der Waals surface area contributed by atoms with Gasteiger partial charge in [0, 0.05) is 25.6 Å². The van der Waals surface area contributed by atoms with E-state index in [1.54, 1.807) is 13.2 Å². The first-order valence-electron chi connectivity index (χ1n) is 4.60. The first kappa shape index (κ1) is 12.4. The van der Waals surface area contributed by atoms with Gasteiger partial charge >= 0.3 is 0 Å². The third-order valence-electron chi connectivity index (χ3n) is 2.19. The molecule has 0 bridgehead atoms. The van der Waals surface area contributed by atoms with E-state index in [2.05, 4.69) is 13.5 Å². The minimum Gasteiger partial charge on any atom is -0.396 e. The number of allylic oxidation sites excluding steroid dienone is 2. The fraction of sp³-hybridized carbons (Fsp3) is 0.636. The van der Waals surface area contributed by atoms with Crippen LogP contribution in [-0.4, -0.2) is 24.9 Å². The van der Waals surface area contributed by atoms with Crippen LogP contribution in [0, 0.1) is 11.8 Å². The number of aliphatic hydroxyl groups is 1. The van der Waals surface area contributed by atoms with E-state index in [0.29, 0.717) is 5.92 Å². The maximum absolute atomic E-state index is 8.99. The van der Waals surface area contributed by atoms with Gasteiger partial charge in [0.15, 0.2) is 0 Å². The highest BCUT2D eigenvalue weighted by Crippen LogP contribution is 2.17. The van der Waals surface area contributed by atoms with Crippen LogP contribution in [-0.2, 0) is 4.74 Å². The Morgan fingerprint density at radius 2 is 2.08 bits per heavy atom. The van der Waals surface area contributed by atoms with E-state index in [-0.39, 0.29) is 18.6 Å². The van der Waals surface area contributed by atoms with Gasteiger partial charge in [-0.15, -0.1) is 0 Å². The molecule has 0 rings (SSSR count). The van der Waals surface area contributed by atoms with Crippen LogP contribution >= 0.6 is 0 Å². The van der Waals surface area contributed by atoms with Gasteiger partial charge in [0.1, 0.15) is 0 Å². The molecular weight excluding hydrogens is 164 g/mol. The van der Waals surface area contributed by atoms with Crippen LogP contribution in [0.15, 0.2) is 24.8 Å². The molecule has 0 aromatic heterocycles. The number of aliphatic hydroxyl groups excluding tert-OH is 1. The van der Waals surface area contributed by atoms with Crippen molar-refractivity contribution < 1.29 is 9.84 Å². The molecule has 0 heterocycles. The lowest BCUT2D eigenvalue weighted by atomic mass is 9.93. The van der Waals surface area contributed by atoms with Crippen LogP contribution in [0.25, 0.3) is 0 Å². The molecule has 0 aromatic carbocycles. The third kappa shape index (κ3) is 4.25. The quantitative estimate of drug-likeness (QED) is 0.640. The smallest absolute Gasteiger partial charge is 0.0678 e. The molecule has 0 aliphatic heterocycles. The minimum absolute atomic E-state index is 0.0706. The minimum atomic E-state index is 0.0706. The topological polar surface area (TPSA) is 29.5 Å². The van der Waals surface area contributed by atoms with Gasteiger partial charge in [-0.25, -0.2) is 0 Å². The Labute approximate surface area is 80.9 Å². The van der Waals surface area contributed by atoms with Gasteiger partial charge in [-0.05, 0) is 0 Å². The predicted molar refractivity (Wildman–Crippen MR) is 55.5 cm³/mol. The summed E-state index contributed by atoms with van der Waals surface area (Å²) < 4.78 is 5.32. The van der Waals surface area contributed by atoms with E-state index in [9.17, 15) is 0 Å². The molecule has 0 amide bonds. The van der Waals surface area contributed by atoms with E-state index in [4.69, 9.17) is 9.84 Å². The van der Waals surface area contributed by atoms with Gasteiger partial charge in [0.2, 0.25) is 0 Å². The summed E-state index contributed by atoms with van der Waals surface area (Å²) in [5.41, 5.74) is 0. The van der Waals surface area contributed by atoms with Gasteiger partial charge in [-0.2, -0.15) is 0 Å². The Kier molecular flexibility index (Phi) is 6.55. The van der Waals surface area contributed by atoms with Crippen molar-refractivity contribution >= 4 is 0 Å². The number of hydrogen-bond donors (Lipinski definition) is 1. The zero-order valence-corrected chi connectivity index (χ0v) is 8.73. The van der Waals surface area contributed by atoms with Crippen molar-refractivity contribution in [3.8, 4) is 0 Å². The Bertz CT molecular complexity index is 163. The second kappa shape index (κ2) is 6.87. The Morgan fingerprint density at radius 3 is 2.46 bits per heavy atom. The first-order valence-corrected chi connectivity index (χ1v) is 4.60. The van der Waals surface area contributed by atoms with Crippen molar-refractivity contribution in [3.05, 3.63) is 24.8 Å². The number of rotatable bonds is 6. The van der Waals surface area contributed by atoms with Crippen molar-refractivity contribution in [3.63, 3.8) is 0 Å². The number of ether oxygens (including phenoxy) is 1. The third-order valence-corrected chi connectivity index (χ3v) is 2.19. The molecule has 13 heavy (non-hydrogen) atoms. The SMILES string of the molecule is C=C/C=C\C(C)C(OC)C(C)CO. The summed E-state index contributed by atoms with van der Waals surface area (Å²) in [5.74, 6) is 0.458. The fourth-order valence-corrected chi connectivity index (χ4v) is 1.43. The van der Waals surface area contributed by atoms with E-state index < -0.39 is 0 Å². The van der Waals surface area contributed by atoms with Crippen LogP contribution in [0.2, 0.25) is 0 Å². The number of hydrogen-bond acceptors (Lipinski definition) is 2. The van der Waals surface area contributed by atoms with Crippen LogP contribution < -0.4 is 0 Å². The molecule has 3 unspecified atom stereocenters. The van der Waals surface area contributed by atoms with Crippen molar-refractivity contribution in [2.75, 3.05) is 13.7 Å². The number of methoxy groups -OCH3 is 1. The zero-order chi connectivity index (χ0) is 10.3. The van der Waals surface area contributed by atoms with Gasteiger partial charge in [-0.3, -0.25) is 0 Å². The van der Waals surface area contributed by atoms with Crippen molar-refractivity contribution in [2.24, 2.45) is 11.8 Å². The van der Waals surface area contributed by atoms with E-state index in [0.717, 1.165) is 0 Å². The summed E-state index contributed by atoms with van der Waals surface area (Å²) in [6.45, 7) is 7.81. The molecule has 2 heteroatoms. The van der Waals surface area contributed by atoms with Gasteiger partial charge < -0.3 is 9.84 Å². The van der Waals surface area contributed by atoms with Gasteiger partial charge in [-0.1, -0.05) is 38.7 Å². The van der Waals surface area contributed by atoms with Crippen LogP contribution in [0.3, 0.4) is 0 Å². The summed E-state index contributed by atoms with van der Waals surface area (Å²) in [5, 5.41) is 8.99. The second-order valence-electron chi connectivity index (χ2n) is 3.34. The second-order valence-corrected chi connectivity index (χ2v) is 3.34. The normalized spacial score (nSPS) is 18.5. The average molecular weight is 184 g/mol. The molecule has 0 saturated heterocycles. The molecule has 0 fully saturated rings. The Morgan fingerprint density at radius 1 is 1.46 bits per heavy atom. The predicted octanol–water partition coefficient (Wildman–Crippen LogP) is 2.01. The lowest BCUT2D eigenvalue weighted by Gasteiger charge is -2.24. The first-order chi connectivity index (χ1) is 6.17. The van der Waals surface area contributed by atoms with Gasteiger partial charge in [0.05, 0.1) is 6.10 Å². The zero-order valence-electron chi connectivity index (χ0n) is 8.73. The maximum atomic E-state index is 8.99. The van der Waals surface area contributed by atoms with Crippen molar-refractivity contribution in [2.45, 2.75) is 20.0 Å². The molecule has 0 aromatic rings. The van der Waals surface area contributed by atoms with Crippen molar-refractivity contribution in [1.82, 2.24) is 0 Å². The average Bonchev–Trinajstić information content (AvgIpc) is 2.15. The summed E-state index contributed by atoms with van der Waals surface area (Å²) in [6.07, 6.45) is 5.75. The molecule has 0 saturated carbocycles.